The number of ether oxygens (including phenoxy) is 2. The summed E-state index contributed by atoms with van der Waals surface area (Å²) < 4.78 is 11.2. The van der Waals surface area contributed by atoms with Crippen molar-refractivity contribution in [1.82, 2.24) is 4.90 Å². The van der Waals surface area contributed by atoms with Crippen LogP contribution in [0.5, 0.6) is 5.75 Å². The van der Waals surface area contributed by atoms with Crippen molar-refractivity contribution in [2.75, 3.05) is 32.9 Å². The van der Waals surface area contributed by atoms with Crippen LogP contribution in [0.15, 0.2) is 18.2 Å². The quantitative estimate of drug-likeness (QED) is 0.742. The van der Waals surface area contributed by atoms with Gasteiger partial charge in [0, 0.05) is 31.1 Å². The van der Waals surface area contributed by atoms with Crippen LogP contribution in [0.3, 0.4) is 0 Å². The van der Waals surface area contributed by atoms with E-state index in [1.54, 1.807) is 0 Å². The van der Waals surface area contributed by atoms with E-state index in [1.807, 2.05) is 0 Å². The van der Waals surface area contributed by atoms with Gasteiger partial charge in [-0.05, 0) is 18.6 Å². The average molecular weight is 233 g/mol. The molecular weight excluding hydrogens is 214 g/mol. The van der Waals surface area contributed by atoms with Crippen LogP contribution >= 0.6 is 0 Å². The molecule has 1 fully saturated rings. The third kappa shape index (κ3) is 2.17. The summed E-state index contributed by atoms with van der Waals surface area (Å²) in [6.45, 7) is 6.74. The Morgan fingerprint density at radius 2 is 2.00 bits per heavy atom. The summed E-state index contributed by atoms with van der Waals surface area (Å²) in [6.07, 6.45) is 1.09. The van der Waals surface area contributed by atoms with Crippen molar-refractivity contribution in [1.29, 1.82) is 0 Å². The van der Waals surface area contributed by atoms with Gasteiger partial charge in [-0.2, -0.15) is 0 Å². The first-order valence-electron chi connectivity index (χ1n) is 6.40. The second-order valence-corrected chi connectivity index (χ2v) is 4.84. The van der Waals surface area contributed by atoms with Crippen molar-refractivity contribution < 1.29 is 9.47 Å². The van der Waals surface area contributed by atoms with E-state index in [-0.39, 0.29) is 0 Å². The van der Waals surface area contributed by atoms with E-state index < -0.39 is 0 Å². The van der Waals surface area contributed by atoms with Gasteiger partial charge in [0.2, 0.25) is 0 Å². The van der Waals surface area contributed by atoms with Crippen molar-refractivity contribution >= 4 is 0 Å². The topological polar surface area (TPSA) is 21.7 Å². The molecule has 0 radical (unpaired) electrons. The van der Waals surface area contributed by atoms with E-state index in [0.29, 0.717) is 6.04 Å². The number of nitrogens with zero attached hydrogens (tertiary/aromatic N) is 1. The highest BCUT2D eigenvalue weighted by molar-refractivity contribution is 5.40. The molecule has 3 heteroatoms. The van der Waals surface area contributed by atoms with Gasteiger partial charge >= 0.3 is 0 Å². The van der Waals surface area contributed by atoms with E-state index >= 15 is 0 Å². The third-order valence-electron chi connectivity index (χ3n) is 3.66. The van der Waals surface area contributed by atoms with Crippen LogP contribution < -0.4 is 4.74 Å². The van der Waals surface area contributed by atoms with E-state index in [2.05, 4.69) is 30.0 Å². The monoisotopic (exact) mass is 233 g/mol. The molecule has 1 atom stereocenters. The van der Waals surface area contributed by atoms with E-state index in [9.17, 15) is 0 Å². The van der Waals surface area contributed by atoms with Gasteiger partial charge in [0.15, 0.2) is 0 Å². The number of morpholine rings is 1. The molecule has 0 aromatic heterocycles. The van der Waals surface area contributed by atoms with Crippen molar-refractivity contribution in [2.24, 2.45) is 0 Å². The Labute approximate surface area is 102 Å². The maximum absolute atomic E-state index is 5.77. The molecule has 0 bridgehead atoms. The molecule has 2 aliphatic heterocycles. The molecule has 0 saturated carbocycles. The fourth-order valence-electron chi connectivity index (χ4n) is 2.75. The van der Waals surface area contributed by atoms with Gasteiger partial charge in [-0.25, -0.2) is 0 Å². The minimum Gasteiger partial charge on any atom is -0.493 e. The Morgan fingerprint density at radius 1 is 1.18 bits per heavy atom. The highest BCUT2D eigenvalue weighted by Gasteiger charge is 2.27. The molecule has 1 unspecified atom stereocenters. The lowest BCUT2D eigenvalue weighted by Gasteiger charge is -2.37. The Bertz CT molecular complexity index is 399. The number of fused-ring (bicyclic) bond motifs is 1. The number of rotatable bonds is 1. The molecule has 3 nitrogen and oxygen atoms in total. The number of hydrogen-bond acceptors (Lipinski definition) is 3. The zero-order chi connectivity index (χ0) is 11.7. The maximum atomic E-state index is 5.77. The molecular formula is C14H19NO2. The Morgan fingerprint density at radius 3 is 2.82 bits per heavy atom. The van der Waals surface area contributed by atoms with Crippen LogP contribution in [-0.4, -0.2) is 37.8 Å². The van der Waals surface area contributed by atoms with Gasteiger partial charge in [-0.3, -0.25) is 4.90 Å². The Balaban J connectivity index is 1.88. The molecule has 3 rings (SSSR count). The molecule has 0 spiro atoms. The smallest absolute Gasteiger partial charge is 0.124 e. The molecule has 1 saturated heterocycles. The highest BCUT2D eigenvalue weighted by Crippen LogP contribution is 2.36. The van der Waals surface area contributed by atoms with Gasteiger partial charge < -0.3 is 9.47 Å². The summed E-state index contributed by atoms with van der Waals surface area (Å²) in [6, 6.07) is 7.08. The molecule has 2 aliphatic rings. The average Bonchev–Trinajstić information content (AvgIpc) is 2.39. The number of aryl methyl sites for hydroxylation is 1. The first kappa shape index (κ1) is 11.1. The van der Waals surface area contributed by atoms with Crippen LogP contribution in [0.1, 0.15) is 23.6 Å². The first-order valence-corrected chi connectivity index (χ1v) is 6.40. The van der Waals surface area contributed by atoms with Crippen LogP contribution in [0, 0.1) is 6.92 Å². The zero-order valence-electron chi connectivity index (χ0n) is 10.3. The lowest BCUT2D eigenvalue weighted by atomic mass is 9.97. The molecule has 92 valence electrons. The predicted molar refractivity (Wildman–Crippen MR) is 66.4 cm³/mol. The van der Waals surface area contributed by atoms with Crippen molar-refractivity contribution in [3.05, 3.63) is 29.3 Å². The van der Waals surface area contributed by atoms with Crippen molar-refractivity contribution in [3.8, 4) is 5.75 Å². The third-order valence-corrected chi connectivity index (χ3v) is 3.66. The molecule has 2 heterocycles. The van der Waals surface area contributed by atoms with Gasteiger partial charge in [-0.15, -0.1) is 0 Å². The molecule has 17 heavy (non-hydrogen) atoms. The molecule has 0 N–H and O–H groups in total. The summed E-state index contributed by atoms with van der Waals surface area (Å²) in [5.74, 6) is 1.08. The normalized spacial score (nSPS) is 25.1. The molecule has 1 aromatic rings. The summed E-state index contributed by atoms with van der Waals surface area (Å²) in [5.41, 5.74) is 2.62. The van der Waals surface area contributed by atoms with Crippen LogP contribution in [0.4, 0.5) is 0 Å². The summed E-state index contributed by atoms with van der Waals surface area (Å²) in [5, 5.41) is 0. The van der Waals surface area contributed by atoms with Crippen molar-refractivity contribution in [3.63, 3.8) is 0 Å². The fourth-order valence-corrected chi connectivity index (χ4v) is 2.75. The second-order valence-electron chi connectivity index (χ2n) is 4.84. The van der Waals surface area contributed by atoms with Gasteiger partial charge in [0.05, 0.1) is 19.8 Å². The molecule has 1 aromatic carbocycles. The predicted octanol–water partition coefficient (Wildman–Crippen LogP) is 2.15. The lowest BCUT2D eigenvalue weighted by molar-refractivity contribution is 0.00707. The zero-order valence-corrected chi connectivity index (χ0v) is 10.3. The summed E-state index contributed by atoms with van der Waals surface area (Å²) >= 11 is 0. The SMILES string of the molecule is Cc1ccc2c(c1)OCCC2N1CCOCC1. The van der Waals surface area contributed by atoms with E-state index in [4.69, 9.17) is 9.47 Å². The Kier molecular flexibility index (Phi) is 3.04. The minimum atomic E-state index is 0.517. The van der Waals surface area contributed by atoms with Gasteiger partial charge in [0.25, 0.3) is 0 Å². The molecule has 0 amide bonds. The largest absolute Gasteiger partial charge is 0.493 e. The maximum Gasteiger partial charge on any atom is 0.124 e. The minimum absolute atomic E-state index is 0.517. The highest BCUT2D eigenvalue weighted by atomic mass is 16.5. The number of hydrogen-bond donors (Lipinski definition) is 0. The lowest BCUT2D eigenvalue weighted by Crippen LogP contribution is -2.40. The van der Waals surface area contributed by atoms with E-state index in [1.165, 1.54) is 11.1 Å². The van der Waals surface area contributed by atoms with Crippen LogP contribution in [0.2, 0.25) is 0 Å². The molecule has 0 aliphatic carbocycles. The Hall–Kier alpha value is -1.06. The van der Waals surface area contributed by atoms with Crippen LogP contribution in [-0.2, 0) is 4.74 Å². The second kappa shape index (κ2) is 4.67. The summed E-state index contributed by atoms with van der Waals surface area (Å²) in [7, 11) is 0. The summed E-state index contributed by atoms with van der Waals surface area (Å²) in [4.78, 5) is 2.53. The van der Waals surface area contributed by atoms with E-state index in [0.717, 1.165) is 45.1 Å². The first-order chi connectivity index (χ1) is 8.34. The number of benzene rings is 1. The van der Waals surface area contributed by atoms with Crippen LogP contribution in [0.25, 0.3) is 0 Å². The van der Waals surface area contributed by atoms with Gasteiger partial charge in [0.1, 0.15) is 5.75 Å². The van der Waals surface area contributed by atoms with Crippen molar-refractivity contribution in [2.45, 2.75) is 19.4 Å². The fraction of sp³-hybridized carbons (Fsp3) is 0.571. The standard InChI is InChI=1S/C14H19NO2/c1-11-2-3-12-13(4-7-17-14(12)10-11)15-5-8-16-9-6-15/h2-3,10,13H,4-9H2,1H3. The van der Waals surface area contributed by atoms with Gasteiger partial charge in [-0.1, -0.05) is 12.1 Å².